The third-order valence-corrected chi connectivity index (χ3v) is 7.55. The summed E-state index contributed by atoms with van der Waals surface area (Å²) in [6, 6.07) is 6.16. The lowest BCUT2D eigenvalue weighted by Gasteiger charge is -2.21. The highest BCUT2D eigenvalue weighted by Gasteiger charge is 2.36. The zero-order valence-corrected chi connectivity index (χ0v) is 22.0. The highest BCUT2D eigenvalue weighted by atomic mass is 32.2. The molecule has 35 heavy (non-hydrogen) atoms. The highest BCUT2D eigenvalue weighted by molar-refractivity contribution is 7.90. The van der Waals surface area contributed by atoms with Crippen molar-refractivity contribution < 1.29 is 35.9 Å². The van der Waals surface area contributed by atoms with E-state index in [1.807, 2.05) is 18.6 Å². The van der Waals surface area contributed by atoms with Crippen LogP contribution < -0.4 is 19.3 Å². The summed E-state index contributed by atoms with van der Waals surface area (Å²) in [4.78, 5) is 25.0. The van der Waals surface area contributed by atoms with Gasteiger partial charge in [-0.05, 0) is 63.1 Å². The second kappa shape index (κ2) is 10.6. The van der Waals surface area contributed by atoms with Gasteiger partial charge in [-0.2, -0.15) is 0 Å². The quantitative estimate of drug-likeness (QED) is 0.572. The Morgan fingerprint density at radius 2 is 1.51 bits per heavy atom. The summed E-state index contributed by atoms with van der Waals surface area (Å²) in [7, 11) is -5.09. The van der Waals surface area contributed by atoms with Crippen molar-refractivity contribution in [3.8, 4) is 11.5 Å². The molecule has 1 heterocycles. The molecule has 192 valence electrons. The van der Waals surface area contributed by atoms with Gasteiger partial charge in [0.25, 0.3) is 21.8 Å². The molecule has 1 aliphatic heterocycles. The molecule has 0 aromatic heterocycles. The number of hydrogen-bond acceptors (Lipinski definition) is 8. The van der Waals surface area contributed by atoms with Gasteiger partial charge in [0.1, 0.15) is 21.3 Å². The maximum atomic E-state index is 12.4. The van der Waals surface area contributed by atoms with E-state index < -0.39 is 26.0 Å². The number of carbonyl (C=O) groups is 2. The third-order valence-electron chi connectivity index (χ3n) is 5.14. The molecule has 0 unspecified atom stereocenters. The molecule has 1 aliphatic rings. The smallest absolute Gasteiger partial charge is 0.268 e. The minimum Gasteiger partial charge on any atom is -0.495 e. The predicted octanol–water partition coefficient (Wildman–Crippen LogP) is 1.57. The molecular weight excluding hydrogens is 498 g/mol. The Kier molecular flexibility index (Phi) is 8.52. The van der Waals surface area contributed by atoms with Gasteiger partial charge in [-0.3, -0.25) is 9.59 Å². The molecule has 3 rings (SSSR count). The van der Waals surface area contributed by atoms with Gasteiger partial charge in [-0.25, -0.2) is 26.7 Å². The first-order chi connectivity index (χ1) is 16.2. The first-order valence-electron chi connectivity index (χ1n) is 10.5. The topological polar surface area (TPSA) is 162 Å². The summed E-state index contributed by atoms with van der Waals surface area (Å²) in [5.41, 5.74) is 1.70. The number of rotatable bonds is 6. The van der Waals surface area contributed by atoms with Crippen molar-refractivity contribution in [3.63, 3.8) is 0 Å². The van der Waals surface area contributed by atoms with E-state index in [0.717, 1.165) is 11.1 Å². The van der Waals surface area contributed by atoms with E-state index in [-0.39, 0.29) is 38.3 Å². The maximum absolute atomic E-state index is 12.4. The summed E-state index contributed by atoms with van der Waals surface area (Å²) in [6.07, 6.45) is 0. The number of fused-ring (bicyclic) bond motifs is 1. The third kappa shape index (κ3) is 5.92. The first-order valence-corrected chi connectivity index (χ1v) is 13.5. The molecule has 0 saturated carbocycles. The normalized spacial score (nSPS) is 13.7. The fourth-order valence-corrected chi connectivity index (χ4v) is 5.77. The Morgan fingerprint density at radius 3 is 2.00 bits per heavy atom. The van der Waals surface area contributed by atoms with Crippen LogP contribution in [0.4, 0.5) is 0 Å². The summed E-state index contributed by atoms with van der Waals surface area (Å²) in [6.45, 7) is 8.14. The van der Waals surface area contributed by atoms with Crippen molar-refractivity contribution in [3.05, 3.63) is 46.5 Å². The number of nitrogens with zero attached hydrogens (tertiary/aromatic N) is 1. The van der Waals surface area contributed by atoms with Crippen molar-refractivity contribution >= 4 is 31.9 Å². The number of nitrogens with two attached hydrogens (primary N) is 1. The zero-order chi connectivity index (χ0) is 26.7. The molecule has 2 aromatic carbocycles. The van der Waals surface area contributed by atoms with Crippen LogP contribution in [0.15, 0.2) is 34.1 Å². The molecular formula is C22H29N3O8S2. The molecule has 0 spiro atoms. The van der Waals surface area contributed by atoms with Crippen LogP contribution in [0.1, 0.15) is 45.7 Å². The lowest BCUT2D eigenvalue weighted by molar-refractivity contribution is 0.0768. The largest absolute Gasteiger partial charge is 0.495 e. The molecule has 0 saturated heterocycles. The monoisotopic (exact) mass is 527 g/mol. The van der Waals surface area contributed by atoms with Gasteiger partial charge in [-0.1, -0.05) is 0 Å². The molecule has 13 heteroatoms. The number of ether oxygens (including phenoxy) is 2. The molecule has 11 nitrogen and oxygen atoms in total. The van der Waals surface area contributed by atoms with Crippen molar-refractivity contribution in [2.45, 2.75) is 37.5 Å². The number of sulfonamides is 2. The average Bonchev–Trinajstić information content (AvgIpc) is 3.00. The summed E-state index contributed by atoms with van der Waals surface area (Å²) >= 11 is 0. The predicted molar refractivity (Wildman–Crippen MR) is 129 cm³/mol. The second-order valence-corrected chi connectivity index (χ2v) is 10.8. The van der Waals surface area contributed by atoms with Crippen LogP contribution in [0, 0.1) is 13.8 Å². The molecule has 0 fully saturated rings. The lowest BCUT2D eigenvalue weighted by atomic mass is 10.1. The maximum Gasteiger partial charge on any atom is 0.268 e. The van der Waals surface area contributed by atoms with E-state index in [2.05, 4.69) is 0 Å². The number of methoxy groups -OCH3 is 2. The van der Waals surface area contributed by atoms with E-state index in [0.29, 0.717) is 13.1 Å². The van der Waals surface area contributed by atoms with E-state index >= 15 is 0 Å². The minimum absolute atomic E-state index is 0.0491. The van der Waals surface area contributed by atoms with Crippen LogP contribution >= 0.6 is 0 Å². The fourth-order valence-electron chi connectivity index (χ4n) is 3.59. The van der Waals surface area contributed by atoms with E-state index in [9.17, 15) is 26.4 Å². The van der Waals surface area contributed by atoms with Crippen LogP contribution in [0.3, 0.4) is 0 Å². The molecule has 2 aromatic rings. The lowest BCUT2D eigenvalue weighted by Crippen LogP contribution is -2.32. The van der Waals surface area contributed by atoms with Gasteiger partial charge in [0.15, 0.2) is 0 Å². The van der Waals surface area contributed by atoms with Crippen LogP contribution in [0.25, 0.3) is 0 Å². The number of hydrogen-bond donors (Lipinski definition) is 2. The standard InChI is InChI=1S/C13H20N2O4S.C9H9NO4S/c1-5-15(6-2)13(16)10-7-9(3)8-11(19-4)12(10)20(14,17)18;1-5-3-6-8(7(4-5)14-2)15(12,13)10-9(6)11/h7-8H,5-6H2,1-4H3,(H2,14,17,18);3-4H,1-2H3,(H,10,11). The number of benzene rings is 2. The summed E-state index contributed by atoms with van der Waals surface area (Å²) in [5.74, 6) is -0.695. The van der Waals surface area contributed by atoms with Gasteiger partial charge in [0, 0.05) is 13.1 Å². The Labute approximate surface area is 205 Å². The average molecular weight is 528 g/mol. The second-order valence-electron chi connectivity index (χ2n) is 7.64. The van der Waals surface area contributed by atoms with Gasteiger partial charge < -0.3 is 14.4 Å². The summed E-state index contributed by atoms with van der Waals surface area (Å²) < 4.78 is 58.6. The number of primary sulfonamides is 1. The van der Waals surface area contributed by atoms with Crippen molar-refractivity contribution in [2.24, 2.45) is 5.14 Å². The Hall–Kier alpha value is -3.16. The van der Waals surface area contributed by atoms with E-state index in [1.54, 1.807) is 26.0 Å². The number of aryl methyl sites for hydroxylation is 2. The number of carbonyl (C=O) groups excluding carboxylic acids is 2. The van der Waals surface area contributed by atoms with Crippen molar-refractivity contribution in [1.82, 2.24) is 9.62 Å². The van der Waals surface area contributed by atoms with E-state index in [1.165, 1.54) is 31.3 Å². The SMILES string of the molecule is CCN(CC)C(=O)c1cc(C)cc(OC)c1S(N)(=O)=O.COc1cc(C)cc2c1S(=O)(=O)NC2=O. The highest BCUT2D eigenvalue weighted by Crippen LogP contribution is 2.33. The van der Waals surface area contributed by atoms with Gasteiger partial charge in [-0.15, -0.1) is 0 Å². The first kappa shape index (κ1) is 28.1. The van der Waals surface area contributed by atoms with Crippen LogP contribution in [0.2, 0.25) is 0 Å². The molecule has 3 N–H and O–H groups in total. The van der Waals surface area contributed by atoms with Crippen molar-refractivity contribution in [2.75, 3.05) is 27.3 Å². The Bertz CT molecular complexity index is 1370. The van der Waals surface area contributed by atoms with Gasteiger partial charge in [0.2, 0.25) is 10.0 Å². The minimum atomic E-state index is -4.06. The van der Waals surface area contributed by atoms with Gasteiger partial charge in [0.05, 0.1) is 25.3 Å². The Balaban J connectivity index is 0.000000256. The zero-order valence-electron chi connectivity index (χ0n) is 20.3. The van der Waals surface area contributed by atoms with Crippen molar-refractivity contribution in [1.29, 1.82) is 0 Å². The van der Waals surface area contributed by atoms with Crippen LogP contribution in [-0.2, 0) is 20.0 Å². The molecule has 2 amide bonds. The molecule has 0 bridgehead atoms. The number of amides is 2. The summed E-state index contributed by atoms with van der Waals surface area (Å²) in [5, 5.41) is 5.23. The van der Waals surface area contributed by atoms with Crippen LogP contribution in [-0.4, -0.2) is 60.9 Å². The van der Waals surface area contributed by atoms with Crippen LogP contribution in [0.5, 0.6) is 11.5 Å². The molecule has 0 aliphatic carbocycles. The molecule has 0 atom stereocenters. The fraction of sp³-hybridized carbons (Fsp3) is 0.364. The van der Waals surface area contributed by atoms with Gasteiger partial charge >= 0.3 is 0 Å². The molecule has 0 radical (unpaired) electrons. The Morgan fingerprint density at radius 1 is 1.00 bits per heavy atom. The van der Waals surface area contributed by atoms with E-state index in [4.69, 9.17) is 14.6 Å². The number of nitrogens with one attached hydrogen (secondary N) is 1.